The van der Waals surface area contributed by atoms with Crippen molar-refractivity contribution < 1.29 is 9.59 Å². The first-order valence-electron chi connectivity index (χ1n) is 8.00. The molecule has 1 heterocycles. The van der Waals surface area contributed by atoms with E-state index in [1.54, 1.807) is 18.2 Å². The number of likely N-dealkylation sites (tertiary alicyclic amines) is 1. The molecule has 0 saturated carbocycles. The van der Waals surface area contributed by atoms with Crippen LogP contribution in [0.4, 0.5) is 5.69 Å². The van der Waals surface area contributed by atoms with E-state index < -0.39 is 0 Å². The van der Waals surface area contributed by atoms with Crippen LogP contribution in [-0.4, -0.2) is 36.3 Å². The molecule has 1 fully saturated rings. The van der Waals surface area contributed by atoms with E-state index in [4.69, 9.17) is 5.73 Å². The van der Waals surface area contributed by atoms with Gasteiger partial charge in [-0.1, -0.05) is 6.42 Å². The zero-order valence-corrected chi connectivity index (χ0v) is 12.8. The van der Waals surface area contributed by atoms with Crippen LogP contribution in [0.3, 0.4) is 0 Å². The molecule has 1 saturated heterocycles. The molecule has 0 atom stereocenters. The number of hydrogen-bond acceptors (Lipinski definition) is 2. The van der Waals surface area contributed by atoms with Gasteiger partial charge in [0.2, 0.25) is 0 Å². The van der Waals surface area contributed by atoms with E-state index in [1.165, 1.54) is 56.2 Å². The molecule has 112 valence electrons. The quantitative estimate of drug-likeness (QED) is 0.347. The smallest absolute Gasteiger partial charge is 0.116 e. The number of phenols is 1. The normalized spacial score (nSPS) is 17.4. The van der Waals surface area contributed by atoms with Crippen LogP contribution in [-0.2, 0) is 6.42 Å². The van der Waals surface area contributed by atoms with Gasteiger partial charge in [-0.2, -0.15) is 0 Å². The molecule has 0 unspecified atom stereocenters. The minimum Gasteiger partial charge on any atom is -0.508 e. The second-order valence-electron chi connectivity index (χ2n) is 6.54. The number of quaternary nitrogens is 1. The number of nitrogen functional groups attached to an aromatic ring is 1. The lowest BCUT2D eigenvalue weighted by Gasteiger charge is -2.29. The maximum absolute atomic E-state index is 9.47. The molecule has 1 aromatic carbocycles. The van der Waals surface area contributed by atoms with Crippen LogP contribution < -0.4 is 5.73 Å². The first-order valence-corrected chi connectivity index (χ1v) is 8.00. The van der Waals surface area contributed by atoms with Gasteiger partial charge >= 0.3 is 0 Å². The van der Waals surface area contributed by atoms with Crippen molar-refractivity contribution in [1.29, 1.82) is 0 Å². The van der Waals surface area contributed by atoms with Crippen molar-refractivity contribution in [3.05, 3.63) is 23.8 Å². The minimum absolute atomic E-state index is 0.320. The first-order chi connectivity index (χ1) is 9.59. The van der Waals surface area contributed by atoms with Crippen molar-refractivity contribution >= 4 is 5.69 Å². The molecular formula is C17H29N2O+. The molecule has 0 bridgehead atoms. The molecule has 1 aliphatic heterocycles. The number of benzene rings is 1. The Balaban J connectivity index is 1.61. The van der Waals surface area contributed by atoms with E-state index in [9.17, 15) is 5.11 Å². The number of rotatable bonds is 7. The van der Waals surface area contributed by atoms with Crippen LogP contribution in [0.5, 0.6) is 5.75 Å². The van der Waals surface area contributed by atoms with E-state index in [1.807, 2.05) is 0 Å². The summed E-state index contributed by atoms with van der Waals surface area (Å²) in [7, 11) is 2.40. The maximum Gasteiger partial charge on any atom is 0.116 e. The van der Waals surface area contributed by atoms with Crippen LogP contribution in [0.15, 0.2) is 18.2 Å². The van der Waals surface area contributed by atoms with E-state index in [2.05, 4.69) is 7.05 Å². The molecule has 1 aromatic rings. The van der Waals surface area contributed by atoms with Crippen LogP contribution in [0.2, 0.25) is 0 Å². The molecule has 20 heavy (non-hydrogen) atoms. The lowest BCUT2D eigenvalue weighted by Crippen LogP contribution is -2.41. The van der Waals surface area contributed by atoms with E-state index >= 15 is 0 Å². The molecule has 3 nitrogen and oxygen atoms in total. The summed E-state index contributed by atoms with van der Waals surface area (Å²) in [5.41, 5.74) is 7.81. The van der Waals surface area contributed by atoms with Gasteiger partial charge in [0.05, 0.1) is 26.7 Å². The predicted octanol–water partition coefficient (Wildman–Crippen LogP) is 3.32. The minimum atomic E-state index is 0.320. The molecule has 3 N–H and O–H groups in total. The molecule has 0 amide bonds. The highest BCUT2D eigenvalue weighted by Gasteiger charge is 2.25. The van der Waals surface area contributed by atoms with E-state index in [0.717, 1.165) is 24.1 Å². The average molecular weight is 277 g/mol. The number of nitrogens with two attached hydrogens (primary N) is 1. The third-order valence-corrected chi connectivity index (χ3v) is 4.67. The zero-order chi connectivity index (χ0) is 14.4. The van der Waals surface area contributed by atoms with Gasteiger partial charge in [0, 0.05) is 18.5 Å². The highest BCUT2D eigenvalue weighted by Crippen LogP contribution is 2.21. The molecule has 1 aliphatic rings. The Kier molecular flexibility index (Phi) is 5.30. The maximum atomic E-state index is 9.47. The topological polar surface area (TPSA) is 46.2 Å². The Morgan fingerprint density at radius 1 is 1.10 bits per heavy atom. The van der Waals surface area contributed by atoms with Gasteiger partial charge < -0.3 is 15.3 Å². The Morgan fingerprint density at radius 3 is 2.55 bits per heavy atom. The summed E-state index contributed by atoms with van der Waals surface area (Å²) in [4.78, 5) is 0. The number of unbranched alkanes of at least 4 members (excludes halogenated alkanes) is 3. The SMILES string of the molecule is C[N+]1(CCCCCCc2cc(O)ccc2N)CCCC1. The summed E-state index contributed by atoms with van der Waals surface area (Å²) >= 11 is 0. The van der Waals surface area contributed by atoms with Crippen LogP contribution in [0, 0.1) is 0 Å². The van der Waals surface area contributed by atoms with Crippen molar-refractivity contribution in [2.24, 2.45) is 0 Å². The van der Waals surface area contributed by atoms with Crippen molar-refractivity contribution in [2.75, 3.05) is 32.4 Å². The Bertz CT molecular complexity index is 425. The van der Waals surface area contributed by atoms with Gasteiger partial charge in [-0.25, -0.2) is 0 Å². The fourth-order valence-corrected chi connectivity index (χ4v) is 3.29. The van der Waals surface area contributed by atoms with Crippen molar-refractivity contribution in [3.63, 3.8) is 0 Å². The molecule has 0 aliphatic carbocycles. The highest BCUT2D eigenvalue weighted by molar-refractivity contribution is 5.50. The van der Waals surface area contributed by atoms with Crippen molar-refractivity contribution in [2.45, 2.75) is 44.9 Å². The second-order valence-corrected chi connectivity index (χ2v) is 6.54. The number of phenolic OH excluding ortho intramolecular Hbond substituents is 1. The summed E-state index contributed by atoms with van der Waals surface area (Å²) in [6.45, 7) is 4.09. The summed E-state index contributed by atoms with van der Waals surface area (Å²) < 4.78 is 1.29. The molecule has 0 aromatic heterocycles. The van der Waals surface area contributed by atoms with Crippen molar-refractivity contribution in [3.8, 4) is 5.75 Å². The van der Waals surface area contributed by atoms with Crippen LogP contribution in [0.25, 0.3) is 0 Å². The highest BCUT2D eigenvalue weighted by atomic mass is 16.3. The molecule has 2 rings (SSSR count). The standard InChI is InChI=1S/C17H28N2O/c1-19(12-6-7-13-19)11-5-3-2-4-8-15-14-16(20)9-10-17(15)18/h9-10,14H,2-8,11-13,18H2,1H3/p+1. The number of anilines is 1. The lowest BCUT2D eigenvalue weighted by molar-refractivity contribution is -0.897. The number of hydrogen-bond donors (Lipinski definition) is 2. The second kappa shape index (κ2) is 6.98. The van der Waals surface area contributed by atoms with E-state index in [0.29, 0.717) is 5.75 Å². The third-order valence-electron chi connectivity index (χ3n) is 4.67. The van der Waals surface area contributed by atoms with Gasteiger partial charge in [-0.15, -0.1) is 0 Å². The summed E-state index contributed by atoms with van der Waals surface area (Å²) in [6, 6.07) is 5.24. The Hall–Kier alpha value is -1.22. The van der Waals surface area contributed by atoms with Gasteiger partial charge in [-0.3, -0.25) is 0 Å². The fraction of sp³-hybridized carbons (Fsp3) is 0.647. The van der Waals surface area contributed by atoms with Crippen molar-refractivity contribution in [1.82, 2.24) is 0 Å². The Labute approximate surface area is 123 Å². The monoisotopic (exact) mass is 277 g/mol. The van der Waals surface area contributed by atoms with Gasteiger partial charge in [-0.05, 0) is 49.4 Å². The third kappa shape index (κ3) is 4.41. The number of aromatic hydroxyl groups is 1. The van der Waals surface area contributed by atoms with E-state index in [-0.39, 0.29) is 0 Å². The zero-order valence-electron chi connectivity index (χ0n) is 12.8. The summed E-state index contributed by atoms with van der Waals surface area (Å²) in [6.07, 6.45) is 8.87. The largest absolute Gasteiger partial charge is 0.508 e. The van der Waals surface area contributed by atoms with Gasteiger partial charge in [0.25, 0.3) is 0 Å². The summed E-state index contributed by atoms with van der Waals surface area (Å²) in [5, 5.41) is 9.47. The average Bonchev–Trinajstić information content (AvgIpc) is 2.85. The molecular weight excluding hydrogens is 248 g/mol. The fourth-order valence-electron chi connectivity index (χ4n) is 3.29. The lowest BCUT2D eigenvalue weighted by atomic mass is 10.0. The molecule has 0 radical (unpaired) electrons. The Morgan fingerprint density at radius 2 is 1.80 bits per heavy atom. The number of nitrogens with zero attached hydrogens (tertiary/aromatic N) is 1. The van der Waals surface area contributed by atoms with Crippen LogP contribution >= 0.6 is 0 Å². The van der Waals surface area contributed by atoms with Gasteiger partial charge in [0.1, 0.15) is 5.75 Å². The first kappa shape index (κ1) is 15.2. The molecule has 0 spiro atoms. The van der Waals surface area contributed by atoms with Gasteiger partial charge in [0.15, 0.2) is 0 Å². The van der Waals surface area contributed by atoms with Crippen LogP contribution in [0.1, 0.15) is 44.1 Å². The predicted molar refractivity (Wildman–Crippen MR) is 84.7 cm³/mol. The summed E-state index contributed by atoms with van der Waals surface area (Å²) in [5.74, 6) is 0.320. The molecule has 3 heteroatoms. The number of aryl methyl sites for hydroxylation is 1.